The predicted molar refractivity (Wildman–Crippen MR) is 99.4 cm³/mol. The van der Waals surface area contributed by atoms with E-state index in [0.29, 0.717) is 6.42 Å². The third-order valence-electron chi connectivity index (χ3n) is 4.48. The Bertz CT molecular complexity index is 542. The van der Waals surface area contributed by atoms with E-state index in [9.17, 15) is 9.90 Å². The summed E-state index contributed by atoms with van der Waals surface area (Å²) in [6, 6.07) is 10.2. The summed E-state index contributed by atoms with van der Waals surface area (Å²) < 4.78 is 5.36. The summed E-state index contributed by atoms with van der Waals surface area (Å²) in [6.07, 6.45) is 2.84. The van der Waals surface area contributed by atoms with Crippen LogP contribution in [-0.2, 0) is 4.74 Å². The van der Waals surface area contributed by atoms with Crippen molar-refractivity contribution in [1.82, 2.24) is 10.6 Å². The molecule has 1 aliphatic rings. The maximum atomic E-state index is 12.0. The molecule has 0 aliphatic heterocycles. The maximum absolute atomic E-state index is 12.0. The van der Waals surface area contributed by atoms with Crippen LogP contribution in [0.25, 0.3) is 0 Å². The first kappa shape index (κ1) is 19.7. The highest BCUT2D eigenvalue weighted by Gasteiger charge is 2.31. The zero-order valence-corrected chi connectivity index (χ0v) is 15.8. The second kappa shape index (κ2) is 8.68. The number of alkyl carbamates (subject to hydrolysis) is 1. The van der Waals surface area contributed by atoms with Crippen LogP contribution >= 0.6 is 0 Å². The van der Waals surface area contributed by atoms with Crippen molar-refractivity contribution in [2.45, 2.75) is 83.2 Å². The molecular weight excluding hydrogens is 316 g/mol. The van der Waals surface area contributed by atoms with Gasteiger partial charge in [0.1, 0.15) is 5.60 Å². The van der Waals surface area contributed by atoms with E-state index in [1.807, 2.05) is 51.1 Å². The molecule has 5 heteroatoms. The number of hydrogen-bond donors (Lipinski definition) is 3. The summed E-state index contributed by atoms with van der Waals surface area (Å²) >= 11 is 0. The Labute approximate surface area is 151 Å². The molecule has 5 nitrogen and oxygen atoms in total. The number of aliphatic hydroxyl groups is 1. The largest absolute Gasteiger partial charge is 0.444 e. The second-order valence-corrected chi connectivity index (χ2v) is 8.02. The van der Waals surface area contributed by atoms with Gasteiger partial charge in [-0.15, -0.1) is 0 Å². The van der Waals surface area contributed by atoms with Gasteiger partial charge in [0, 0.05) is 18.1 Å². The van der Waals surface area contributed by atoms with Crippen LogP contribution in [0.4, 0.5) is 4.79 Å². The number of aliphatic hydroxyl groups excluding tert-OH is 1. The molecule has 0 radical (unpaired) electrons. The SMILES string of the molecule is C[C@H](C[C@H](O)c1ccccc1)N[C@@H]1CCC[C@H]1NC(=O)OC(C)(C)C. The highest BCUT2D eigenvalue weighted by Crippen LogP contribution is 2.23. The highest BCUT2D eigenvalue weighted by molar-refractivity contribution is 5.68. The molecule has 25 heavy (non-hydrogen) atoms. The summed E-state index contributed by atoms with van der Waals surface area (Å²) in [5.74, 6) is 0. The topological polar surface area (TPSA) is 70.6 Å². The summed E-state index contributed by atoms with van der Waals surface area (Å²) in [5.41, 5.74) is 0.449. The monoisotopic (exact) mass is 348 g/mol. The van der Waals surface area contributed by atoms with Gasteiger partial charge in [-0.25, -0.2) is 4.79 Å². The summed E-state index contributed by atoms with van der Waals surface area (Å²) in [6.45, 7) is 7.67. The number of amides is 1. The van der Waals surface area contributed by atoms with Crippen LogP contribution in [0.2, 0.25) is 0 Å². The molecule has 1 aromatic carbocycles. The van der Waals surface area contributed by atoms with Crippen LogP contribution in [0, 0.1) is 0 Å². The number of hydrogen-bond acceptors (Lipinski definition) is 4. The van der Waals surface area contributed by atoms with Crippen LogP contribution in [0.1, 0.15) is 65.0 Å². The lowest BCUT2D eigenvalue weighted by molar-refractivity contribution is 0.0495. The molecule has 3 N–H and O–H groups in total. The predicted octanol–water partition coefficient (Wildman–Crippen LogP) is 3.53. The van der Waals surface area contributed by atoms with Gasteiger partial charge >= 0.3 is 6.09 Å². The Kier molecular flexibility index (Phi) is 6.85. The van der Waals surface area contributed by atoms with E-state index >= 15 is 0 Å². The molecule has 1 saturated carbocycles. The third kappa shape index (κ3) is 6.67. The normalized spacial score (nSPS) is 23.1. The number of carbonyl (C=O) groups excluding carboxylic acids is 1. The van der Waals surface area contributed by atoms with E-state index in [4.69, 9.17) is 4.74 Å². The maximum Gasteiger partial charge on any atom is 0.407 e. The van der Waals surface area contributed by atoms with E-state index in [1.165, 1.54) is 0 Å². The molecule has 0 aromatic heterocycles. The molecule has 0 heterocycles. The van der Waals surface area contributed by atoms with Crippen molar-refractivity contribution in [2.75, 3.05) is 0 Å². The van der Waals surface area contributed by atoms with Crippen molar-refractivity contribution in [3.05, 3.63) is 35.9 Å². The van der Waals surface area contributed by atoms with E-state index in [0.717, 1.165) is 24.8 Å². The van der Waals surface area contributed by atoms with Crippen molar-refractivity contribution >= 4 is 6.09 Å². The first-order chi connectivity index (χ1) is 11.7. The Morgan fingerprint density at radius 1 is 1.24 bits per heavy atom. The van der Waals surface area contributed by atoms with Gasteiger partial charge in [-0.3, -0.25) is 0 Å². The minimum Gasteiger partial charge on any atom is -0.444 e. The number of nitrogens with one attached hydrogen (secondary N) is 2. The van der Waals surface area contributed by atoms with Crippen LogP contribution < -0.4 is 10.6 Å². The lowest BCUT2D eigenvalue weighted by Crippen LogP contribution is -2.50. The lowest BCUT2D eigenvalue weighted by atomic mass is 10.0. The number of carbonyl (C=O) groups is 1. The minimum absolute atomic E-state index is 0.0752. The van der Waals surface area contributed by atoms with Gasteiger partial charge in [0.2, 0.25) is 0 Å². The zero-order chi connectivity index (χ0) is 18.4. The van der Waals surface area contributed by atoms with Crippen molar-refractivity contribution in [3.63, 3.8) is 0 Å². The van der Waals surface area contributed by atoms with E-state index in [-0.39, 0.29) is 24.2 Å². The summed E-state index contributed by atoms with van der Waals surface area (Å²) in [7, 11) is 0. The fraction of sp³-hybridized carbons (Fsp3) is 0.650. The molecule has 1 aliphatic carbocycles. The van der Waals surface area contributed by atoms with Crippen LogP contribution in [-0.4, -0.2) is 34.9 Å². The Hall–Kier alpha value is -1.59. The lowest BCUT2D eigenvalue weighted by Gasteiger charge is -2.28. The van der Waals surface area contributed by atoms with Crippen molar-refractivity contribution < 1.29 is 14.6 Å². The zero-order valence-electron chi connectivity index (χ0n) is 15.8. The first-order valence-electron chi connectivity index (χ1n) is 9.23. The quantitative estimate of drug-likeness (QED) is 0.735. The van der Waals surface area contributed by atoms with Crippen LogP contribution in [0.15, 0.2) is 30.3 Å². The van der Waals surface area contributed by atoms with Gasteiger partial charge < -0.3 is 20.5 Å². The summed E-state index contributed by atoms with van der Waals surface area (Å²) in [4.78, 5) is 12.0. The van der Waals surface area contributed by atoms with Gasteiger partial charge in [0.05, 0.1) is 6.10 Å². The molecule has 0 spiro atoms. The molecule has 0 bridgehead atoms. The fourth-order valence-electron chi connectivity index (χ4n) is 3.37. The van der Waals surface area contributed by atoms with Crippen LogP contribution in [0.5, 0.6) is 0 Å². The Morgan fingerprint density at radius 3 is 2.52 bits per heavy atom. The van der Waals surface area contributed by atoms with Gasteiger partial charge in [-0.1, -0.05) is 30.3 Å². The third-order valence-corrected chi connectivity index (χ3v) is 4.48. The van der Waals surface area contributed by atoms with E-state index in [2.05, 4.69) is 17.6 Å². The smallest absolute Gasteiger partial charge is 0.407 e. The van der Waals surface area contributed by atoms with Crippen molar-refractivity contribution in [2.24, 2.45) is 0 Å². The Morgan fingerprint density at radius 2 is 1.88 bits per heavy atom. The average Bonchev–Trinajstić information content (AvgIpc) is 2.92. The van der Waals surface area contributed by atoms with Gasteiger partial charge in [-0.2, -0.15) is 0 Å². The minimum atomic E-state index is -0.487. The second-order valence-electron chi connectivity index (χ2n) is 8.02. The van der Waals surface area contributed by atoms with E-state index in [1.54, 1.807) is 0 Å². The number of benzene rings is 1. The summed E-state index contributed by atoms with van der Waals surface area (Å²) in [5, 5.41) is 16.9. The molecular formula is C20H32N2O3. The average molecular weight is 348 g/mol. The fourth-order valence-corrected chi connectivity index (χ4v) is 3.37. The molecule has 0 saturated heterocycles. The molecule has 0 unspecified atom stereocenters. The van der Waals surface area contributed by atoms with Gasteiger partial charge in [0.15, 0.2) is 0 Å². The first-order valence-corrected chi connectivity index (χ1v) is 9.23. The molecule has 1 aromatic rings. The number of ether oxygens (including phenoxy) is 1. The van der Waals surface area contributed by atoms with Gasteiger partial charge in [0.25, 0.3) is 0 Å². The van der Waals surface area contributed by atoms with Crippen LogP contribution in [0.3, 0.4) is 0 Å². The van der Waals surface area contributed by atoms with Gasteiger partial charge in [-0.05, 0) is 58.9 Å². The standard InChI is InChI=1S/C20H32N2O3/c1-14(13-18(23)15-9-6-5-7-10-15)21-16-11-8-12-17(16)22-19(24)25-20(2,3)4/h5-7,9-10,14,16-18,21,23H,8,11-13H2,1-4H3,(H,22,24)/t14-,16-,17-,18+/m1/s1. The molecule has 2 rings (SSSR count). The highest BCUT2D eigenvalue weighted by atomic mass is 16.6. The van der Waals surface area contributed by atoms with Crippen molar-refractivity contribution in [1.29, 1.82) is 0 Å². The Balaban J connectivity index is 1.82. The van der Waals surface area contributed by atoms with E-state index < -0.39 is 11.7 Å². The molecule has 1 amide bonds. The van der Waals surface area contributed by atoms with Crippen molar-refractivity contribution in [3.8, 4) is 0 Å². The molecule has 1 fully saturated rings. The number of rotatable bonds is 6. The molecule has 140 valence electrons. The molecule has 4 atom stereocenters.